The fraction of sp³-hybridized carbons (Fsp3) is 0.385. The molecule has 0 aliphatic heterocycles. The summed E-state index contributed by atoms with van der Waals surface area (Å²) in [5.41, 5.74) is 4.31. The lowest BCUT2D eigenvalue weighted by molar-refractivity contribution is 0.0170. The molecular weight excluding hydrogens is 386 g/mol. The van der Waals surface area contributed by atoms with Crippen LogP contribution in [0.1, 0.15) is 20.7 Å². The molecule has 1 aromatic carbocycles. The molecule has 0 saturated carbocycles. The first-order chi connectivity index (χ1) is 11.1. The van der Waals surface area contributed by atoms with Crippen molar-refractivity contribution in [1.82, 2.24) is 4.72 Å². The SMILES string of the molecule is COC(=O)c1cc(C(=O)OC)cc(S(=O)(=O)NCC(F)(F)CN)c1.Cl. The topological polar surface area (TPSA) is 125 Å². The van der Waals surface area contributed by atoms with Crippen LogP contribution < -0.4 is 10.5 Å². The van der Waals surface area contributed by atoms with Crippen LogP contribution >= 0.6 is 12.4 Å². The highest BCUT2D eigenvalue weighted by Gasteiger charge is 2.30. The standard InChI is InChI=1S/C13H16F2N2O6S.ClH/c1-22-11(18)8-3-9(12(19)23-2)5-10(4-8)24(20,21)17-7-13(14,15)6-16;/h3-5,17H,6-7,16H2,1-2H3;1H. The van der Waals surface area contributed by atoms with Crippen molar-refractivity contribution in [3.8, 4) is 0 Å². The van der Waals surface area contributed by atoms with Crippen molar-refractivity contribution in [2.24, 2.45) is 5.73 Å². The normalized spacial score (nSPS) is 11.4. The number of ether oxygens (including phenoxy) is 2. The first-order valence-electron chi connectivity index (χ1n) is 6.45. The number of methoxy groups -OCH3 is 2. The van der Waals surface area contributed by atoms with Crippen LogP contribution in [0.2, 0.25) is 0 Å². The van der Waals surface area contributed by atoms with E-state index in [1.165, 1.54) is 0 Å². The number of carbonyl (C=O) groups is 2. The van der Waals surface area contributed by atoms with Gasteiger partial charge < -0.3 is 15.2 Å². The highest BCUT2D eigenvalue weighted by atomic mass is 35.5. The summed E-state index contributed by atoms with van der Waals surface area (Å²) in [7, 11) is -2.32. The summed E-state index contributed by atoms with van der Waals surface area (Å²) in [5.74, 6) is -5.27. The smallest absolute Gasteiger partial charge is 0.337 e. The second kappa shape index (κ2) is 9.04. The average Bonchev–Trinajstić information content (AvgIpc) is 2.58. The molecule has 0 aliphatic carbocycles. The van der Waals surface area contributed by atoms with Gasteiger partial charge in [0.25, 0.3) is 5.92 Å². The summed E-state index contributed by atoms with van der Waals surface area (Å²) in [6.07, 6.45) is 0. The van der Waals surface area contributed by atoms with Crippen molar-refractivity contribution in [3.05, 3.63) is 29.3 Å². The number of rotatable bonds is 7. The highest BCUT2D eigenvalue weighted by Crippen LogP contribution is 2.18. The number of alkyl halides is 2. The van der Waals surface area contributed by atoms with Crippen LogP contribution in [0.15, 0.2) is 23.1 Å². The third-order valence-electron chi connectivity index (χ3n) is 2.88. The number of esters is 2. The predicted molar refractivity (Wildman–Crippen MR) is 85.6 cm³/mol. The lowest BCUT2D eigenvalue weighted by atomic mass is 10.1. The zero-order valence-electron chi connectivity index (χ0n) is 13.2. The van der Waals surface area contributed by atoms with Crippen LogP contribution in [0.3, 0.4) is 0 Å². The lowest BCUT2D eigenvalue weighted by Gasteiger charge is -2.15. The van der Waals surface area contributed by atoms with E-state index in [4.69, 9.17) is 5.73 Å². The summed E-state index contributed by atoms with van der Waals surface area (Å²) in [6.45, 7) is -2.28. The summed E-state index contributed by atoms with van der Waals surface area (Å²) < 4.78 is 61.1. The van der Waals surface area contributed by atoms with E-state index in [1.54, 1.807) is 4.72 Å². The van der Waals surface area contributed by atoms with Crippen LogP contribution in [-0.2, 0) is 19.5 Å². The maximum absolute atomic E-state index is 13.1. The summed E-state index contributed by atoms with van der Waals surface area (Å²) in [6, 6.07) is 2.84. The van der Waals surface area contributed by atoms with Crippen molar-refractivity contribution in [2.75, 3.05) is 27.3 Å². The Hall–Kier alpha value is -1.82. The number of nitrogens with two attached hydrogens (primary N) is 1. The van der Waals surface area contributed by atoms with E-state index in [0.717, 1.165) is 32.4 Å². The minimum atomic E-state index is -4.43. The molecule has 0 spiro atoms. The number of sulfonamides is 1. The second-order valence-corrected chi connectivity index (χ2v) is 6.38. The maximum atomic E-state index is 13.1. The number of hydrogen-bond donors (Lipinski definition) is 2. The van der Waals surface area contributed by atoms with E-state index >= 15 is 0 Å². The van der Waals surface area contributed by atoms with Crippen molar-refractivity contribution >= 4 is 34.4 Å². The number of benzene rings is 1. The molecule has 0 atom stereocenters. The maximum Gasteiger partial charge on any atom is 0.337 e. The molecule has 0 aliphatic rings. The van der Waals surface area contributed by atoms with Gasteiger partial charge >= 0.3 is 11.9 Å². The molecule has 0 saturated heterocycles. The molecule has 0 unspecified atom stereocenters. The fourth-order valence-corrected chi connectivity index (χ4v) is 2.71. The zero-order chi connectivity index (χ0) is 18.5. The Balaban J connectivity index is 0.00000576. The Morgan fingerprint density at radius 1 is 1.12 bits per heavy atom. The molecule has 0 heterocycles. The van der Waals surface area contributed by atoms with Crippen LogP contribution in [-0.4, -0.2) is 53.6 Å². The Morgan fingerprint density at radius 2 is 1.56 bits per heavy atom. The van der Waals surface area contributed by atoms with E-state index in [-0.39, 0.29) is 23.5 Å². The molecule has 8 nitrogen and oxygen atoms in total. The van der Waals surface area contributed by atoms with Crippen LogP contribution in [0.4, 0.5) is 8.78 Å². The van der Waals surface area contributed by atoms with E-state index in [0.29, 0.717) is 0 Å². The Bertz CT molecular complexity index is 708. The Morgan fingerprint density at radius 3 is 1.92 bits per heavy atom. The van der Waals surface area contributed by atoms with Crippen molar-refractivity contribution in [1.29, 1.82) is 0 Å². The Labute approximate surface area is 149 Å². The monoisotopic (exact) mass is 402 g/mol. The number of halogens is 3. The van der Waals surface area contributed by atoms with E-state index < -0.39 is 45.9 Å². The van der Waals surface area contributed by atoms with Crippen LogP contribution in [0.25, 0.3) is 0 Å². The molecule has 0 amide bonds. The number of nitrogens with one attached hydrogen (secondary N) is 1. The minimum Gasteiger partial charge on any atom is -0.465 e. The molecule has 1 aromatic rings. The van der Waals surface area contributed by atoms with Crippen LogP contribution in [0, 0.1) is 0 Å². The molecule has 0 aromatic heterocycles. The summed E-state index contributed by atoms with van der Waals surface area (Å²) >= 11 is 0. The first kappa shape index (κ1) is 23.2. The molecule has 142 valence electrons. The van der Waals surface area contributed by atoms with Crippen molar-refractivity contribution in [3.63, 3.8) is 0 Å². The molecule has 12 heteroatoms. The predicted octanol–water partition coefficient (Wildman–Crippen LogP) is 0.554. The lowest BCUT2D eigenvalue weighted by Crippen LogP contribution is -2.41. The summed E-state index contributed by atoms with van der Waals surface area (Å²) in [5, 5.41) is 0. The van der Waals surface area contributed by atoms with Gasteiger partial charge in [-0.2, -0.15) is 0 Å². The van der Waals surface area contributed by atoms with Gasteiger partial charge in [-0.25, -0.2) is 31.5 Å². The molecule has 0 bridgehead atoms. The number of carbonyl (C=O) groups excluding carboxylic acids is 2. The zero-order valence-corrected chi connectivity index (χ0v) is 14.9. The third-order valence-corrected chi connectivity index (χ3v) is 4.26. The Kier molecular flexibility index (Phi) is 8.38. The number of hydrogen-bond acceptors (Lipinski definition) is 7. The fourth-order valence-electron chi connectivity index (χ4n) is 1.58. The minimum absolute atomic E-state index is 0. The average molecular weight is 403 g/mol. The molecular formula is C13H17ClF2N2O6S. The highest BCUT2D eigenvalue weighted by molar-refractivity contribution is 7.89. The van der Waals surface area contributed by atoms with Crippen LogP contribution in [0.5, 0.6) is 0 Å². The molecule has 1 rings (SSSR count). The third kappa shape index (κ3) is 6.20. The van der Waals surface area contributed by atoms with Gasteiger partial charge in [0.1, 0.15) is 0 Å². The van der Waals surface area contributed by atoms with Gasteiger partial charge in [0.2, 0.25) is 10.0 Å². The molecule has 3 N–H and O–H groups in total. The van der Waals surface area contributed by atoms with Gasteiger partial charge in [0.15, 0.2) is 0 Å². The first-order valence-corrected chi connectivity index (χ1v) is 7.94. The van der Waals surface area contributed by atoms with Gasteiger partial charge in [-0.1, -0.05) is 0 Å². The second-order valence-electron chi connectivity index (χ2n) is 4.61. The van der Waals surface area contributed by atoms with Gasteiger partial charge in [-0.3, -0.25) is 0 Å². The van der Waals surface area contributed by atoms with Gasteiger partial charge in [-0.05, 0) is 18.2 Å². The van der Waals surface area contributed by atoms with Gasteiger partial charge in [0, 0.05) is 0 Å². The van der Waals surface area contributed by atoms with Crippen molar-refractivity contribution < 1.29 is 36.3 Å². The molecule has 0 radical (unpaired) electrons. The van der Waals surface area contributed by atoms with Gasteiger partial charge in [0.05, 0.1) is 43.3 Å². The van der Waals surface area contributed by atoms with E-state index in [9.17, 15) is 26.8 Å². The molecule has 25 heavy (non-hydrogen) atoms. The largest absolute Gasteiger partial charge is 0.465 e. The van der Waals surface area contributed by atoms with E-state index in [1.807, 2.05) is 0 Å². The van der Waals surface area contributed by atoms with E-state index in [2.05, 4.69) is 9.47 Å². The van der Waals surface area contributed by atoms with Gasteiger partial charge in [-0.15, -0.1) is 12.4 Å². The quantitative estimate of drug-likeness (QED) is 0.638. The molecule has 0 fully saturated rings. The summed E-state index contributed by atoms with van der Waals surface area (Å²) in [4.78, 5) is 22.6. The van der Waals surface area contributed by atoms with Crippen molar-refractivity contribution in [2.45, 2.75) is 10.8 Å².